The Morgan fingerprint density at radius 2 is 1.40 bits per heavy atom. The Morgan fingerprint density at radius 1 is 0.709 bits per heavy atom. The monoisotopic (exact) mass is 784 g/mol. The van der Waals surface area contributed by atoms with Gasteiger partial charge < -0.3 is 69.6 Å². The number of ether oxygens (including phenoxy) is 5. The zero-order valence-corrected chi connectivity index (χ0v) is 33.6. The summed E-state index contributed by atoms with van der Waals surface area (Å²) in [5, 5.41) is 97.2. The van der Waals surface area contributed by atoms with Crippen LogP contribution in [0, 0.1) is 44.8 Å². The highest BCUT2D eigenvalue weighted by molar-refractivity contribution is 5.33. The number of hydrogen-bond acceptors (Lipinski definition) is 14. The minimum absolute atomic E-state index is 0.0633. The summed E-state index contributed by atoms with van der Waals surface area (Å²) in [4.78, 5) is 0. The molecule has 5 saturated carbocycles. The highest BCUT2D eigenvalue weighted by Crippen LogP contribution is 2.89. The predicted molar refractivity (Wildman–Crippen MR) is 194 cm³/mol. The summed E-state index contributed by atoms with van der Waals surface area (Å²) in [6.07, 6.45) is -7.48. The van der Waals surface area contributed by atoms with Gasteiger partial charge in [-0.2, -0.15) is 0 Å². The molecule has 2 spiro atoms. The molecule has 9 N–H and O–H groups in total. The Kier molecular flexibility index (Phi) is 9.90. The molecular formula is C41H68O14. The van der Waals surface area contributed by atoms with Crippen LogP contribution in [0.2, 0.25) is 0 Å². The molecular weight excluding hydrogens is 716 g/mol. The third-order valence-electron chi connectivity index (χ3n) is 17.6. The average molecular weight is 785 g/mol. The molecule has 0 aromatic heterocycles. The van der Waals surface area contributed by atoms with Crippen LogP contribution in [0.5, 0.6) is 0 Å². The lowest BCUT2D eigenvalue weighted by molar-refractivity contribution is -0.339. The number of aliphatic hydroxyl groups is 9. The number of aliphatic hydroxyl groups excluding tert-OH is 8. The maximum absolute atomic E-state index is 12.2. The molecule has 0 aromatic rings. The Morgan fingerprint density at radius 3 is 2.05 bits per heavy atom. The van der Waals surface area contributed by atoms with E-state index >= 15 is 0 Å². The molecule has 13 unspecified atom stereocenters. The molecule has 0 amide bonds. The number of rotatable bonds is 7. The second-order valence-electron chi connectivity index (χ2n) is 21.1. The third kappa shape index (κ3) is 5.70. The highest BCUT2D eigenvalue weighted by atomic mass is 16.7. The molecule has 0 radical (unpaired) electrons. The van der Waals surface area contributed by atoms with Crippen molar-refractivity contribution in [2.75, 3.05) is 13.2 Å². The van der Waals surface area contributed by atoms with Crippen molar-refractivity contribution >= 4 is 0 Å². The van der Waals surface area contributed by atoms with Gasteiger partial charge in [0.05, 0.1) is 48.8 Å². The molecule has 0 aromatic carbocycles. The van der Waals surface area contributed by atoms with Gasteiger partial charge in [0.1, 0.15) is 42.7 Å². The van der Waals surface area contributed by atoms with Gasteiger partial charge in [-0.1, -0.05) is 27.7 Å². The molecule has 0 bridgehead atoms. The van der Waals surface area contributed by atoms with Gasteiger partial charge >= 0.3 is 0 Å². The summed E-state index contributed by atoms with van der Waals surface area (Å²) in [6.45, 7) is 13.8. The van der Waals surface area contributed by atoms with Crippen molar-refractivity contribution in [2.24, 2.45) is 44.8 Å². The zero-order chi connectivity index (χ0) is 40.1. The Labute approximate surface area is 324 Å². The number of fused-ring (bicyclic) bond motifs is 2. The van der Waals surface area contributed by atoms with Gasteiger partial charge in [0, 0.05) is 5.92 Å². The fourth-order valence-corrected chi connectivity index (χ4v) is 14.9. The lowest BCUT2D eigenvalue weighted by Crippen LogP contribution is -2.65. The van der Waals surface area contributed by atoms with Crippen molar-refractivity contribution in [3.05, 3.63) is 0 Å². The second-order valence-corrected chi connectivity index (χ2v) is 21.1. The van der Waals surface area contributed by atoms with Gasteiger partial charge in [-0.25, -0.2) is 0 Å². The van der Waals surface area contributed by atoms with E-state index in [0.29, 0.717) is 25.7 Å². The van der Waals surface area contributed by atoms with Crippen LogP contribution in [-0.2, 0) is 23.7 Å². The van der Waals surface area contributed by atoms with E-state index in [1.165, 1.54) is 0 Å². The first kappa shape index (κ1) is 41.2. The predicted octanol–water partition coefficient (Wildman–Crippen LogP) is 0.724. The van der Waals surface area contributed by atoms with Crippen molar-refractivity contribution < 1.29 is 69.6 Å². The van der Waals surface area contributed by atoms with Crippen LogP contribution >= 0.6 is 0 Å². The smallest absolute Gasteiger partial charge is 0.186 e. The minimum atomic E-state index is -1.60. The summed E-state index contributed by atoms with van der Waals surface area (Å²) < 4.78 is 31.9. The second kappa shape index (κ2) is 13.2. The summed E-state index contributed by atoms with van der Waals surface area (Å²) in [5.41, 5.74) is -3.16. The fraction of sp³-hybridized carbons (Fsp3) is 1.00. The maximum Gasteiger partial charge on any atom is 0.186 e. The molecule has 14 heteroatoms. The molecule has 316 valence electrons. The van der Waals surface area contributed by atoms with E-state index in [-0.39, 0.29) is 52.1 Å². The normalized spacial score (nSPS) is 58.7. The van der Waals surface area contributed by atoms with Gasteiger partial charge in [0.15, 0.2) is 12.6 Å². The van der Waals surface area contributed by atoms with E-state index in [0.717, 1.165) is 32.1 Å². The first-order valence-electron chi connectivity index (χ1n) is 20.9. The van der Waals surface area contributed by atoms with Crippen molar-refractivity contribution in [3.8, 4) is 0 Å². The standard InChI is InChI=1S/C41H68O14/c1-35(2)24(54-33-29(48)26(45)20(44)17-51-33)9-11-41-18-40(41)13-12-37(5)31(39(7)10-8-25(55-39)36(3,4)50)19(43)15-38(37,6)23(40)14-21(32(35)41)52-34-30(49)28(47)27(46)22(16-42)53-34/h19-34,42-50H,8-18H2,1-7H3/t19-,20?,21-,22?,23?,24-,25?,26?,27?,28?,29?,30?,31?,32?,33?,34?,37+,38-,39+,40-,41+/m0/s1. The van der Waals surface area contributed by atoms with E-state index in [1.54, 1.807) is 13.8 Å². The van der Waals surface area contributed by atoms with Crippen molar-refractivity contribution in [3.63, 3.8) is 0 Å². The number of hydrogen-bond donors (Lipinski definition) is 9. The Hall–Kier alpha value is -0.560. The van der Waals surface area contributed by atoms with E-state index < -0.39 is 96.8 Å². The molecule has 3 aliphatic heterocycles. The molecule has 8 aliphatic rings. The van der Waals surface area contributed by atoms with Crippen LogP contribution in [0.4, 0.5) is 0 Å². The topological polar surface area (TPSA) is 228 Å². The molecule has 5 aliphatic carbocycles. The van der Waals surface area contributed by atoms with Crippen LogP contribution in [0.15, 0.2) is 0 Å². The van der Waals surface area contributed by atoms with E-state index in [9.17, 15) is 46.0 Å². The van der Waals surface area contributed by atoms with Crippen LogP contribution in [0.25, 0.3) is 0 Å². The molecule has 14 nitrogen and oxygen atoms in total. The van der Waals surface area contributed by atoms with Gasteiger partial charge in [0.25, 0.3) is 0 Å². The largest absolute Gasteiger partial charge is 0.394 e. The average Bonchev–Trinajstić information content (AvgIpc) is 3.47. The maximum atomic E-state index is 12.2. The molecule has 8 fully saturated rings. The first-order chi connectivity index (χ1) is 25.5. The Bertz CT molecular complexity index is 1460. The van der Waals surface area contributed by atoms with Crippen molar-refractivity contribution in [2.45, 2.75) is 197 Å². The van der Waals surface area contributed by atoms with E-state index in [1.807, 2.05) is 0 Å². The fourth-order valence-electron chi connectivity index (χ4n) is 14.9. The third-order valence-corrected chi connectivity index (χ3v) is 17.6. The quantitative estimate of drug-likeness (QED) is 0.162. The van der Waals surface area contributed by atoms with Crippen LogP contribution < -0.4 is 0 Å². The highest BCUT2D eigenvalue weighted by Gasteiger charge is 2.85. The van der Waals surface area contributed by atoms with Gasteiger partial charge in [-0.3, -0.25) is 0 Å². The summed E-state index contributed by atoms with van der Waals surface area (Å²) in [6, 6.07) is 0. The van der Waals surface area contributed by atoms with Crippen molar-refractivity contribution in [1.29, 1.82) is 0 Å². The molecule has 3 saturated heterocycles. The summed E-state index contributed by atoms with van der Waals surface area (Å²) in [7, 11) is 0. The van der Waals surface area contributed by atoms with Gasteiger partial charge in [0.2, 0.25) is 0 Å². The minimum Gasteiger partial charge on any atom is -0.394 e. The van der Waals surface area contributed by atoms with Crippen molar-refractivity contribution in [1.82, 2.24) is 0 Å². The van der Waals surface area contributed by atoms with Gasteiger partial charge in [-0.05, 0) is 117 Å². The molecule has 21 atom stereocenters. The summed E-state index contributed by atoms with van der Waals surface area (Å²) in [5.74, 6) is -0.215. The lowest BCUT2D eigenvalue weighted by Gasteiger charge is -2.65. The molecule has 55 heavy (non-hydrogen) atoms. The van der Waals surface area contributed by atoms with E-state index in [2.05, 4.69) is 34.6 Å². The SMILES string of the molecule is CC(C)(O)C1CC[C@](C)(C2[C@@H](O)C[C@@]3(C)C4C[C@H](OC5OC(CO)C(O)C(O)C5O)C5C(C)(C)[C@@H](OC6OCC(O)C(O)C6O)CC[C@@]56C[C@@]46CC[C@]23C)O1. The lowest BCUT2D eigenvalue weighted by atomic mass is 9.41. The van der Waals surface area contributed by atoms with Crippen LogP contribution in [0.1, 0.15) is 106 Å². The van der Waals surface area contributed by atoms with Crippen LogP contribution in [-0.4, -0.2) is 150 Å². The molecule has 3 heterocycles. The van der Waals surface area contributed by atoms with Crippen LogP contribution in [0.3, 0.4) is 0 Å². The first-order valence-corrected chi connectivity index (χ1v) is 20.9. The Balaban J connectivity index is 1.15. The molecule has 8 rings (SSSR count). The summed E-state index contributed by atoms with van der Waals surface area (Å²) >= 11 is 0. The van der Waals surface area contributed by atoms with Gasteiger partial charge in [-0.15, -0.1) is 0 Å². The zero-order valence-electron chi connectivity index (χ0n) is 33.6. The van der Waals surface area contributed by atoms with E-state index in [4.69, 9.17) is 23.7 Å².